The standard InChI is InChI=1S/C11H9Br2N3O/c1-11(2-3-11)16-5-7-6(4-8(16)17)9(12)14-15-10(7)13/h4-5H,2-3H2,1H3. The molecule has 2 heterocycles. The minimum absolute atomic E-state index is 0.0121. The van der Waals surface area contributed by atoms with Crippen molar-refractivity contribution in [3.63, 3.8) is 0 Å². The van der Waals surface area contributed by atoms with Crippen LogP contribution in [0, 0.1) is 0 Å². The van der Waals surface area contributed by atoms with Gasteiger partial charge in [0.2, 0.25) is 0 Å². The third-order valence-electron chi connectivity index (χ3n) is 3.28. The van der Waals surface area contributed by atoms with Crippen LogP contribution in [0.3, 0.4) is 0 Å². The van der Waals surface area contributed by atoms with E-state index in [1.807, 2.05) is 6.20 Å². The summed E-state index contributed by atoms with van der Waals surface area (Å²) in [5.41, 5.74) is -0.00130. The van der Waals surface area contributed by atoms with Gasteiger partial charge in [-0.3, -0.25) is 4.79 Å². The Bertz CT molecular complexity index is 676. The predicted octanol–water partition coefficient (Wildman–Crippen LogP) is 2.83. The highest BCUT2D eigenvalue weighted by Gasteiger charge is 2.40. The van der Waals surface area contributed by atoms with Gasteiger partial charge in [-0.15, -0.1) is 10.2 Å². The van der Waals surface area contributed by atoms with Crippen LogP contribution in [0.15, 0.2) is 26.3 Å². The number of fused-ring (bicyclic) bond motifs is 1. The molecule has 0 spiro atoms. The Labute approximate surface area is 114 Å². The first-order chi connectivity index (χ1) is 8.01. The lowest BCUT2D eigenvalue weighted by atomic mass is 10.2. The summed E-state index contributed by atoms with van der Waals surface area (Å²) in [5.74, 6) is 0. The molecule has 0 aliphatic heterocycles. The summed E-state index contributed by atoms with van der Waals surface area (Å²) in [6.45, 7) is 2.10. The van der Waals surface area contributed by atoms with Gasteiger partial charge in [-0.2, -0.15) is 0 Å². The molecular formula is C11H9Br2N3O. The molecule has 2 aromatic heterocycles. The Morgan fingerprint density at radius 2 is 1.82 bits per heavy atom. The van der Waals surface area contributed by atoms with Gasteiger partial charge in [0, 0.05) is 28.6 Å². The first kappa shape index (κ1) is 11.3. The van der Waals surface area contributed by atoms with E-state index in [9.17, 15) is 4.79 Å². The molecule has 1 saturated carbocycles. The van der Waals surface area contributed by atoms with Crippen molar-refractivity contribution in [3.8, 4) is 0 Å². The molecule has 17 heavy (non-hydrogen) atoms. The Hall–Kier alpha value is -0.750. The normalized spacial score (nSPS) is 17.4. The summed E-state index contributed by atoms with van der Waals surface area (Å²) < 4.78 is 3.06. The van der Waals surface area contributed by atoms with Gasteiger partial charge in [0.1, 0.15) is 9.21 Å². The number of hydrogen-bond donors (Lipinski definition) is 0. The second-order valence-electron chi connectivity index (χ2n) is 4.59. The second-order valence-corrected chi connectivity index (χ2v) is 6.09. The fourth-order valence-electron chi connectivity index (χ4n) is 1.91. The van der Waals surface area contributed by atoms with Crippen molar-refractivity contribution in [2.75, 3.05) is 0 Å². The third kappa shape index (κ3) is 1.74. The highest BCUT2D eigenvalue weighted by Crippen LogP contribution is 2.42. The quantitative estimate of drug-likeness (QED) is 0.787. The number of halogens is 2. The Morgan fingerprint density at radius 1 is 1.24 bits per heavy atom. The van der Waals surface area contributed by atoms with Crippen molar-refractivity contribution < 1.29 is 0 Å². The summed E-state index contributed by atoms with van der Waals surface area (Å²) in [5, 5.41) is 9.60. The average molecular weight is 359 g/mol. The number of pyridine rings is 1. The zero-order valence-electron chi connectivity index (χ0n) is 9.07. The molecule has 0 atom stereocenters. The van der Waals surface area contributed by atoms with Gasteiger partial charge >= 0.3 is 0 Å². The summed E-state index contributed by atoms with van der Waals surface area (Å²) >= 11 is 6.68. The van der Waals surface area contributed by atoms with Crippen LogP contribution in [0.4, 0.5) is 0 Å². The number of nitrogens with zero attached hydrogens (tertiary/aromatic N) is 3. The van der Waals surface area contributed by atoms with Crippen molar-refractivity contribution >= 4 is 42.6 Å². The lowest BCUT2D eigenvalue weighted by molar-refractivity contribution is 0.516. The van der Waals surface area contributed by atoms with Gasteiger partial charge in [0.15, 0.2) is 0 Å². The maximum absolute atomic E-state index is 12.1. The van der Waals surface area contributed by atoms with E-state index in [4.69, 9.17) is 0 Å². The van der Waals surface area contributed by atoms with Crippen LogP contribution in [-0.4, -0.2) is 14.8 Å². The Balaban J connectivity index is 2.39. The summed E-state index contributed by atoms with van der Waals surface area (Å²) in [6.07, 6.45) is 3.97. The first-order valence-corrected chi connectivity index (χ1v) is 6.84. The molecule has 0 N–H and O–H groups in total. The molecule has 1 aliphatic carbocycles. The zero-order chi connectivity index (χ0) is 12.2. The molecule has 0 bridgehead atoms. The van der Waals surface area contributed by atoms with Crippen molar-refractivity contribution in [2.45, 2.75) is 25.3 Å². The molecular weight excluding hydrogens is 350 g/mol. The van der Waals surface area contributed by atoms with Crippen molar-refractivity contribution in [3.05, 3.63) is 31.8 Å². The lowest BCUT2D eigenvalue weighted by Gasteiger charge is -2.14. The maximum Gasteiger partial charge on any atom is 0.251 e. The monoisotopic (exact) mass is 357 g/mol. The van der Waals surface area contributed by atoms with E-state index in [1.165, 1.54) is 0 Å². The fraction of sp³-hybridized carbons (Fsp3) is 0.364. The summed E-state index contributed by atoms with van der Waals surface area (Å²) in [6, 6.07) is 1.61. The van der Waals surface area contributed by atoms with Crippen LogP contribution in [0.2, 0.25) is 0 Å². The van der Waals surface area contributed by atoms with Gasteiger partial charge in [0.25, 0.3) is 5.56 Å². The molecule has 88 valence electrons. The van der Waals surface area contributed by atoms with Crippen molar-refractivity contribution in [2.24, 2.45) is 0 Å². The van der Waals surface area contributed by atoms with Crippen LogP contribution in [0.5, 0.6) is 0 Å². The molecule has 2 aromatic rings. The smallest absolute Gasteiger partial charge is 0.251 e. The molecule has 0 aromatic carbocycles. The van der Waals surface area contributed by atoms with Crippen molar-refractivity contribution in [1.82, 2.24) is 14.8 Å². The second kappa shape index (κ2) is 3.62. The minimum Gasteiger partial charge on any atom is -0.309 e. The van der Waals surface area contributed by atoms with Gasteiger partial charge in [-0.1, -0.05) is 0 Å². The number of hydrogen-bond acceptors (Lipinski definition) is 3. The molecule has 0 unspecified atom stereocenters. The van der Waals surface area contributed by atoms with E-state index >= 15 is 0 Å². The molecule has 4 nitrogen and oxygen atoms in total. The highest BCUT2D eigenvalue weighted by molar-refractivity contribution is 9.11. The van der Waals surface area contributed by atoms with Crippen LogP contribution < -0.4 is 5.56 Å². The molecule has 6 heteroatoms. The molecule has 0 saturated heterocycles. The van der Waals surface area contributed by atoms with E-state index in [-0.39, 0.29) is 11.1 Å². The summed E-state index contributed by atoms with van der Waals surface area (Å²) in [7, 11) is 0. The van der Waals surface area contributed by atoms with Gasteiger partial charge in [0.05, 0.1) is 0 Å². The summed E-state index contributed by atoms with van der Waals surface area (Å²) in [4.78, 5) is 12.1. The fourth-order valence-corrected chi connectivity index (χ4v) is 2.71. The largest absolute Gasteiger partial charge is 0.309 e. The predicted molar refractivity (Wildman–Crippen MR) is 72.1 cm³/mol. The lowest BCUT2D eigenvalue weighted by Crippen LogP contribution is -2.27. The van der Waals surface area contributed by atoms with E-state index in [0.717, 1.165) is 23.6 Å². The molecule has 1 fully saturated rings. The Kier molecular flexibility index (Phi) is 2.42. The van der Waals surface area contributed by atoms with E-state index in [0.29, 0.717) is 9.21 Å². The first-order valence-electron chi connectivity index (χ1n) is 5.26. The van der Waals surface area contributed by atoms with Gasteiger partial charge < -0.3 is 4.57 Å². The molecule has 0 amide bonds. The van der Waals surface area contributed by atoms with Crippen LogP contribution >= 0.6 is 31.9 Å². The van der Waals surface area contributed by atoms with E-state index in [2.05, 4.69) is 49.0 Å². The number of rotatable bonds is 1. The van der Waals surface area contributed by atoms with Gasteiger partial charge in [-0.25, -0.2) is 0 Å². The SMILES string of the molecule is CC1(n2cc3c(Br)nnc(Br)c3cc2=O)CC1. The van der Waals surface area contributed by atoms with Crippen LogP contribution in [0.25, 0.3) is 10.8 Å². The van der Waals surface area contributed by atoms with Crippen molar-refractivity contribution in [1.29, 1.82) is 0 Å². The van der Waals surface area contributed by atoms with E-state index in [1.54, 1.807) is 10.6 Å². The van der Waals surface area contributed by atoms with E-state index < -0.39 is 0 Å². The van der Waals surface area contributed by atoms with Crippen LogP contribution in [0.1, 0.15) is 19.8 Å². The highest BCUT2D eigenvalue weighted by atomic mass is 79.9. The maximum atomic E-state index is 12.1. The zero-order valence-corrected chi connectivity index (χ0v) is 12.2. The molecule has 3 rings (SSSR count). The minimum atomic E-state index is -0.0134. The van der Waals surface area contributed by atoms with Gasteiger partial charge in [-0.05, 0) is 51.6 Å². The average Bonchev–Trinajstić information content (AvgIpc) is 3.03. The third-order valence-corrected chi connectivity index (χ3v) is 4.45. The van der Waals surface area contributed by atoms with Crippen LogP contribution in [-0.2, 0) is 5.54 Å². The number of aromatic nitrogens is 3. The molecule has 0 radical (unpaired) electrons. The Morgan fingerprint density at radius 3 is 2.41 bits per heavy atom. The molecule has 1 aliphatic rings. The topological polar surface area (TPSA) is 47.8 Å².